The zero-order chi connectivity index (χ0) is 37.9. The minimum atomic E-state index is 0.895. The zero-order valence-corrected chi connectivity index (χ0v) is 31.3. The van der Waals surface area contributed by atoms with Crippen LogP contribution in [-0.4, -0.2) is 0 Å². The number of rotatable bonds is 3. The van der Waals surface area contributed by atoms with E-state index >= 15 is 0 Å². The van der Waals surface area contributed by atoms with Crippen LogP contribution in [0.25, 0.3) is 109 Å². The van der Waals surface area contributed by atoms with E-state index in [-0.39, 0.29) is 0 Å². The Morgan fingerprint density at radius 3 is 1.21 bits per heavy atom. The minimum absolute atomic E-state index is 0.895. The lowest BCUT2D eigenvalue weighted by atomic mass is 9.83. The summed E-state index contributed by atoms with van der Waals surface area (Å²) in [5, 5.41) is 12.0. The first-order chi connectivity index (χ1) is 28.8. The summed E-state index contributed by atoms with van der Waals surface area (Å²) in [6.07, 6.45) is 0. The topological polar surface area (TPSA) is 18.5 Å². The van der Waals surface area contributed by atoms with Gasteiger partial charge in [-0.15, -0.1) is 0 Å². The van der Waals surface area contributed by atoms with Crippen molar-refractivity contribution < 1.29 is 9.47 Å². The van der Waals surface area contributed by atoms with Gasteiger partial charge in [-0.25, -0.2) is 0 Å². The highest BCUT2D eigenvalue weighted by Gasteiger charge is 2.25. The standard InChI is InChI=1S/C56H32O2/c1-2-14-34-33(12-1)13-7-19-41(34)54-46-24-8-17-35(37-28-30-52-55-42(37)20-10-22-44(55)39-15-3-5-26-50(39)57-52)48(46)32-49-36(18-9-25-47(49)54)38-29-31-53-56-43(38)21-11-23-45(56)40-16-4-6-27-51(40)58-53/h1-32H. The molecule has 13 rings (SSSR count). The maximum Gasteiger partial charge on any atom is 0.135 e. The number of hydrogen-bond acceptors (Lipinski definition) is 2. The normalized spacial score (nSPS) is 12.4. The second kappa shape index (κ2) is 11.9. The molecule has 0 saturated heterocycles. The van der Waals surface area contributed by atoms with Crippen LogP contribution in [0.4, 0.5) is 0 Å². The Hall–Kier alpha value is -7.68. The molecule has 0 aromatic heterocycles. The summed E-state index contributed by atoms with van der Waals surface area (Å²) in [5.41, 5.74) is 11.9. The van der Waals surface area contributed by atoms with E-state index in [2.05, 4.69) is 182 Å². The second-order valence-corrected chi connectivity index (χ2v) is 15.5. The van der Waals surface area contributed by atoms with E-state index in [1.165, 1.54) is 87.6 Å². The molecule has 0 amide bonds. The van der Waals surface area contributed by atoms with Crippen molar-refractivity contribution in [1.82, 2.24) is 0 Å². The van der Waals surface area contributed by atoms with Crippen LogP contribution in [0.3, 0.4) is 0 Å². The average Bonchev–Trinajstić information content (AvgIpc) is 3.28. The van der Waals surface area contributed by atoms with Crippen molar-refractivity contribution in [2.45, 2.75) is 0 Å². The van der Waals surface area contributed by atoms with Crippen molar-refractivity contribution in [3.8, 4) is 78.6 Å². The van der Waals surface area contributed by atoms with Gasteiger partial charge >= 0.3 is 0 Å². The van der Waals surface area contributed by atoms with Crippen molar-refractivity contribution >= 4 is 53.9 Å². The highest BCUT2D eigenvalue weighted by atomic mass is 16.5. The molecule has 0 aliphatic carbocycles. The fourth-order valence-electron chi connectivity index (χ4n) is 10.0. The van der Waals surface area contributed by atoms with Gasteiger partial charge < -0.3 is 9.47 Å². The third-order valence-corrected chi connectivity index (χ3v) is 12.5. The highest BCUT2D eigenvalue weighted by molar-refractivity contribution is 6.24. The molecule has 11 aromatic rings. The quantitative estimate of drug-likeness (QED) is 0.168. The molecular formula is C56H32O2. The largest absolute Gasteiger partial charge is 0.456 e. The molecule has 0 saturated carbocycles. The van der Waals surface area contributed by atoms with Gasteiger partial charge in [0, 0.05) is 21.9 Å². The average molecular weight is 737 g/mol. The Bertz CT molecular complexity index is 3380. The third-order valence-electron chi connectivity index (χ3n) is 12.5. The molecule has 0 fully saturated rings. The second-order valence-electron chi connectivity index (χ2n) is 15.5. The molecule has 0 spiro atoms. The van der Waals surface area contributed by atoms with Crippen molar-refractivity contribution in [2.75, 3.05) is 0 Å². The van der Waals surface area contributed by atoms with Crippen LogP contribution >= 0.6 is 0 Å². The van der Waals surface area contributed by atoms with Crippen LogP contribution in [0.2, 0.25) is 0 Å². The molecular weight excluding hydrogens is 705 g/mol. The van der Waals surface area contributed by atoms with E-state index in [9.17, 15) is 0 Å². The molecule has 2 heteroatoms. The predicted molar refractivity (Wildman–Crippen MR) is 241 cm³/mol. The fourth-order valence-corrected chi connectivity index (χ4v) is 10.0. The first-order valence-corrected chi connectivity index (χ1v) is 19.9. The van der Waals surface area contributed by atoms with Crippen molar-refractivity contribution in [3.05, 3.63) is 194 Å². The number of ether oxygens (including phenoxy) is 2. The third kappa shape index (κ3) is 4.37. The first-order valence-electron chi connectivity index (χ1n) is 19.9. The molecule has 0 atom stereocenters. The van der Waals surface area contributed by atoms with Gasteiger partial charge in [-0.1, -0.05) is 164 Å². The Morgan fingerprint density at radius 1 is 0.224 bits per heavy atom. The first kappa shape index (κ1) is 31.5. The van der Waals surface area contributed by atoms with Crippen LogP contribution in [0.5, 0.6) is 23.0 Å². The number of benzene rings is 11. The summed E-state index contributed by atoms with van der Waals surface area (Å²) < 4.78 is 13.1. The van der Waals surface area contributed by atoms with E-state index in [0.717, 1.165) is 44.9 Å². The lowest BCUT2D eigenvalue weighted by Gasteiger charge is -2.24. The number of hydrogen-bond donors (Lipinski definition) is 0. The van der Waals surface area contributed by atoms with Gasteiger partial charge in [0.25, 0.3) is 0 Å². The molecule has 2 heterocycles. The Labute approximate surface area is 334 Å². The van der Waals surface area contributed by atoms with Crippen LogP contribution in [0.1, 0.15) is 0 Å². The van der Waals surface area contributed by atoms with Crippen LogP contribution in [0, 0.1) is 0 Å². The van der Waals surface area contributed by atoms with E-state index in [0.29, 0.717) is 0 Å². The van der Waals surface area contributed by atoms with E-state index in [1.54, 1.807) is 0 Å². The van der Waals surface area contributed by atoms with Gasteiger partial charge in [0.15, 0.2) is 0 Å². The van der Waals surface area contributed by atoms with Crippen LogP contribution in [-0.2, 0) is 0 Å². The number of fused-ring (bicyclic) bond motifs is 7. The molecule has 0 bridgehead atoms. The SMILES string of the molecule is c1ccc2c(c1)Oc1ccc(-c3cccc4c(-c5cccc6ccccc56)c5cccc(-c6ccc7c8c(cccc68)-c6ccccc6O7)c5cc34)c3cccc-2c13. The maximum atomic E-state index is 6.54. The van der Waals surface area contributed by atoms with Gasteiger partial charge in [-0.05, 0) is 118 Å². The maximum absolute atomic E-state index is 6.54. The van der Waals surface area contributed by atoms with Gasteiger partial charge in [-0.2, -0.15) is 0 Å². The highest BCUT2D eigenvalue weighted by Crippen LogP contribution is 2.52. The summed E-state index contributed by atoms with van der Waals surface area (Å²) in [7, 11) is 0. The summed E-state index contributed by atoms with van der Waals surface area (Å²) in [6, 6.07) is 70.4. The van der Waals surface area contributed by atoms with E-state index < -0.39 is 0 Å². The Balaban J connectivity index is 1.14. The molecule has 268 valence electrons. The van der Waals surface area contributed by atoms with Crippen molar-refractivity contribution in [1.29, 1.82) is 0 Å². The van der Waals surface area contributed by atoms with Crippen LogP contribution in [0.15, 0.2) is 194 Å². The zero-order valence-electron chi connectivity index (χ0n) is 31.3. The van der Waals surface area contributed by atoms with Gasteiger partial charge in [0.2, 0.25) is 0 Å². The van der Waals surface area contributed by atoms with Crippen LogP contribution < -0.4 is 9.47 Å². The van der Waals surface area contributed by atoms with E-state index in [4.69, 9.17) is 9.47 Å². The molecule has 2 aliphatic heterocycles. The Kier molecular flexibility index (Phi) is 6.47. The lowest BCUT2D eigenvalue weighted by Crippen LogP contribution is -1.98. The molecule has 2 aliphatic rings. The summed E-state index contributed by atoms with van der Waals surface area (Å²) in [5.74, 6) is 3.58. The predicted octanol–water partition coefficient (Wildman–Crippen LogP) is 16.0. The van der Waals surface area contributed by atoms with E-state index in [1.807, 2.05) is 12.1 Å². The smallest absolute Gasteiger partial charge is 0.135 e. The molecule has 0 N–H and O–H groups in total. The van der Waals surface area contributed by atoms with Gasteiger partial charge in [0.05, 0.1) is 0 Å². The number of para-hydroxylation sites is 2. The molecule has 11 aromatic carbocycles. The van der Waals surface area contributed by atoms with Gasteiger partial charge in [-0.3, -0.25) is 0 Å². The summed E-state index contributed by atoms with van der Waals surface area (Å²) in [4.78, 5) is 0. The van der Waals surface area contributed by atoms with Crippen molar-refractivity contribution in [2.24, 2.45) is 0 Å². The lowest BCUT2D eigenvalue weighted by molar-refractivity contribution is 0.487. The monoisotopic (exact) mass is 736 g/mol. The fraction of sp³-hybridized carbons (Fsp3) is 0. The molecule has 58 heavy (non-hydrogen) atoms. The van der Waals surface area contributed by atoms with Crippen molar-refractivity contribution in [3.63, 3.8) is 0 Å². The summed E-state index contributed by atoms with van der Waals surface area (Å²) in [6.45, 7) is 0. The molecule has 2 nitrogen and oxygen atoms in total. The Morgan fingerprint density at radius 2 is 0.621 bits per heavy atom. The minimum Gasteiger partial charge on any atom is -0.456 e. The molecule has 0 radical (unpaired) electrons. The summed E-state index contributed by atoms with van der Waals surface area (Å²) >= 11 is 0. The molecule has 0 unspecified atom stereocenters. The van der Waals surface area contributed by atoms with Gasteiger partial charge in [0.1, 0.15) is 23.0 Å².